The fourth-order valence-corrected chi connectivity index (χ4v) is 2.96. The standard InChI is InChI=1S/C16H16ClN3O2/c1-9-6-12(4-5-13(9)17)20-8-11(7-14(20)21)16-18-15(19-22-16)10-2-3-10/h4-6,10-11H,2-3,7-8H2,1H3. The number of anilines is 1. The first kappa shape index (κ1) is 13.8. The molecule has 0 radical (unpaired) electrons. The van der Waals surface area contributed by atoms with Crippen molar-refractivity contribution < 1.29 is 9.32 Å². The van der Waals surface area contributed by atoms with Crippen LogP contribution in [0.3, 0.4) is 0 Å². The molecule has 1 unspecified atom stereocenters. The van der Waals surface area contributed by atoms with Crippen LogP contribution in [0.4, 0.5) is 5.69 Å². The molecule has 4 rings (SSSR count). The Morgan fingerprint density at radius 2 is 2.14 bits per heavy atom. The van der Waals surface area contributed by atoms with Crippen LogP contribution in [-0.4, -0.2) is 22.6 Å². The van der Waals surface area contributed by atoms with Crippen molar-refractivity contribution in [1.82, 2.24) is 10.1 Å². The highest BCUT2D eigenvalue weighted by Gasteiger charge is 2.36. The van der Waals surface area contributed by atoms with Crippen molar-refractivity contribution >= 4 is 23.2 Å². The van der Waals surface area contributed by atoms with Crippen molar-refractivity contribution in [1.29, 1.82) is 0 Å². The minimum atomic E-state index is -0.0246. The minimum Gasteiger partial charge on any atom is -0.339 e. The number of aromatic nitrogens is 2. The van der Waals surface area contributed by atoms with E-state index in [4.69, 9.17) is 16.1 Å². The monoisotopic (exact) mass is 317 g/mol. The normalized spacial score (nSPS) is 21.6. The maximum atomic E-state index is 12.3. The van der Waals surface area contributed by atoms with Gasteiger partial charge in [-0.15, -0.1) is 0 Å². The van der Waals surface area contributed by atoms with Crippen molar-refractivity contribution in [2.45, 2.75) is 38.0 Å². The topological polar surface area (TPSA) is 59.2 Å². The van der Waals surface area contributed by atoms with Crippen LogP contribution in [0, 0.1) is 6.92 Å². The first-order valence-corrected chi connectivity index (χ1v) is 7.89. The number of benzene rings is 1. The highest BCUT2D eigenvalue weighted by molar-refractivity contribution is 6.31. The lowest BCUT2D eigenvalue weighted by Gasteiger charge is -2.17. The second-order valence-electron chi connectivity index (χ2n) is 6.10. The molecule has 2 fully saturated rings. The highest BCUT2D eigenvalue weighted by atomic mass is 35.5. The van der Waals surface area contributed by atoms with E-state index in [2.05, 4.69) is 10.1 Å². The van der Waals surface area contributed by atoms with Crippen LogP contribution in [0.1, 0.15) is 48.4 Å². The number of hydrogen-bond donors (Lipinski definition) is 0. The summed E-state index contributed by atoms with van der Waals surface area (Å²) in [7, 11) is 0. The van der Waals surface area contributed by atoms with Gasteiger partial charge in [0.15, 0.2) is 5.82 Å². The van der Waals surface area contributed by atoms with Gasteiger partial charge in [-0.05, 0) is 43.5 Å². The molecule has 0 bridgehead atoms. The molecule has 114 valence electrons. The number of aryl methyl sites for hydroxylation is 1. The highest BCUT2D eigenvalue weighted by Crippen LogP contribution is 2.39. The molecule has 1 saturated heterocycles. The summed E-state index contributed by atoms with van der Waals surface area (Å²) in [4.78, 5) is 18.6. The lowest BCUT2D eigenvalue weighted by atomic mass is 10.1. The van der Waals surface area contributed by atoms with E-state index < -0.39 is 0 Å². The van der Waals surface area contributed by atoms with Crippen LogP contribution < -0.4 is 4.90 Å². The molecule has 1 atom stereocenters. The number of carbonyl (C=O) groups excluding carboxylic acids is 1. The van der Waals surface area contributed by atoms with Gasteiger partial charge in [0.25, 0.3) is 0 Å². The summed E-state index contributed by atoms with van der Waals surface area (Å²) in [5.74, 6) is 1.90. The molecule has 2 heterocycles. The Kier molecular flexibility index (Phi) is 3.18. The summed E-state index contributed by atoms with van der Waals surface area (Å²) in [6, 6.07) is 5.63. The van der Waals surface area contributed by atoms with Crippen LogP contribution >= 0.6 is 11.6 Å². The van der Waals surface area contributed by atoms with E-state index in [9.17, 15) is 4.79 Å². The van der Waals surface area contributed by atoms with Crippen LogP contribution in [0.2, 0.25) is 5.02 Å². The van der Waals surface area contributed by atoms with E-state index >= 15 is 0 Å². The molecule has 2 aliphatic rings. The molecule has 1 aromatic heterocycles. The van der Waals surface area contributed by atoms with Crippen molar-refractivity contribution in [2.24, 2.45) is 0 Å². The average Bonchev–Trinajstić information content (AvgIpc) is 3.10. The molecule has 22 heavy (non-hydrogen) atoms. The van der Waals surface area contributed by atoms with Crippen LogP contribution in [0.5, 0.6) is 0 Å². The maximum Gasteiger partial charge on any atom is 0.232 e. The maximum absolute atomic E-state index is 12.3. The predicted octanol–water partition coefficient (Wildman–Crippen LogP) is 3.43. The fraction of sp³-hybridized carbons (Fsp3) is 0.438. The van der Waals surface area contributed by atoms with E-state index in [0.29, 0.717) is 29.8 Å². The number of hydrogen-bond acceptors (Lipinski definition) is 4. The number of amides is 1. The van der Waals surface area contributed by atoms with Gasteiger partial charge in [-0.3, -0.25) is 4.79 Å². The molecule has 0 spiro atoms. The number of rotatable bonds is 3. The third-order valence-corrected chi connectivity index (χ3v) is 4.75. The summed E-state index contributed by atoms with van der Waals surface area (Å²) in [5, 5.41) is 4.74. The lowest BCUT2D eigenvalue weighted by Crippen LogP contribution is -2.24. The van der Waals surface area contributed by atoms with E-state index in [1.165, 1.54) is 0 Å². The third-order valence-electron chi connectivity index (χ3n) is 4.33. The third kappa shape index (κ3) is 2.39. The van der Waals surface area contributed by atoms with E-state index in [-0.39, 0.29) is 11.8 Å². The van der Waals surface area contributed by atoms with Gasteiger partial charge >= 0.3 is 0 Å². The van der Waals surface area contributed by atoms with Gasteiger partial charge in [0.05, 0.1) is 5.92 Å². The van der Waals surface area contributed by atoms with Crippen molar-refractivity contribution in [3.63, 3.8) is 0 Å². The average molecular weight is 318 g/mol. The molecule has 5 nitrogen and oxygen atoms in total. The van der Waals surface area contributed by atoms with Crippen molar-refractivity contribution in [2.75, 3.05) is 11.4 Å². The summed E-state index contributed by atoms with van der Waals surface area (Å²) in [6.45, 7) is 2.51. The second kappa shape index (κ2) is 5.09. The lowest BCUT2D eigenvalue weighted by molar-refractivity contribution is -0.117. The first-order valence-electron chi connectivity index (χ1n) is 7.52. The molecular weight excluding hydrogens is 302 g/mol. The number of nitrogens with zero attached hydrogens (tertiary/aromatic N) is 3. The molecule has 2 aromatic rings. The SMILES string of the molecule is Cc1cc(N2CC(c3nc(C4CC4)no3)CC2=O)ccc1Cl. The smallest absolute Gasteiger partial charge is 0.232 e. The summed E-state index contributed by atoms with van der Waals surface area (Å²) in [5.41, 5.74) is 1.83. The molecule has 1 amide bonds. The van der Waals surface area contributed by atoms with Crippen LogP contribution in [0.25, 0.3) is 0 Å². The predicted molar refractivity (Wildman–Crippen MR) is 82.2 cm³/mol. The first-order chi connectivity index (χ1) is 10.6. The Bertz CT molecular complexity index is 739. The van der Waals surface area contributed by atoms with Gasteiger partial charge < -0.3 is 9.42 Å². The van der Waals surface area contributed by atoms with Gasteiger partial charge in [-0.25, -0.2) is 0 Å². The fourth-order valence-electron chi connectivity index (χ4n) is 2.84. The summed E-state index contributed by atoms with van der Waals surface area (Å²) >= 11 is 6.05. The Morgan fingerprint density at radius 1 is 1.32 bits per heavy atom. The zero-order valence-corrected chi connectivity index (χ0v) is 13.0. The van der Waals surface area contributed by atoms with Gasteiger partial charge in [0, 0.05) is 29.6 Å². The molecular formula is C16H16ClN3O2. The van der Waals surface area contributed by atoms with Crippen molar-refractivity contribution in [3.8, 4) is 0 Å². The van der Waals surface area contributed by atoms with E-state index in [0.717, 1.165) is 29.9 Å². The molecule has 0 N–H and O–H groups in total. The van der Waals surface area contributed by atoms with E-state index in [1.54, 1.807) is 4.90 Å². The van der Waals surface area contributed by atoms with Gasteiger partial charge in [-0.1, -0.05) is 16.8 Å². The Hall–Kier alpha value is -1.88. The van der Waals surface area contributed by atoms with Crippen LogP contribution in [-0.2, 0) is 4.79 Å². The van der Waals surface area contributed by atoms with E-state index in [1.807, 2.05) is 25.1 Å². The van der Waals surface area contributed by atoms with Gasteiger partial charge in [-0.2, -0.15) is 4.98 Å². The van der Waals surface area contributed by atoms with Crippen molar-refractivity contribution in [3.05, 3.63) is 40.5 Å². The quantitative estimate of drug-likeness (QED) is 0.870. The van der Waals surface area contributed by atoms with Crippen LogP contribution in [0.15, 0.2) is 22.7 Å². The molecule has 1 aliphatic carbocycles. The number of carbonyl (C=O) groups is 1. The Labute approximate surface area is 133 Å². The zero-order chi connectivity index (χ0) is 15.3. The largest absolute Gasteiger partial charge is 0.339 e. The molecule has 6 heteroatoms. The molecule has 1 aliphatic heterocycles. The van der Waals surface area contributed by atoms with Gasteiger partial charge in [0.1, 0.15) is 0 Å². The zero-order valence-electron chi connectivity index (χ0n) is 12.3. The Morgan fingerprint density at radius 3 is 2.86 bits per heavy atom. The Balaban J connectivity index is 1.55. The molecule has 1 aromatic carbocycles. The molecule has 1 saturated carbocycles. The number of halogens is 1. The second-order valence-corrected chi connectivity index (χ2v) is 6.51. The van der Waals surface area contributed by atoms with Gasteiger partial charge in [0.2, 0.25) is 11.8 Å². The summed E-state index contributed by atoms with van der Waals surface area (Å²) in [6.07, 6.45) is 2.69. The minimum absolute atomic E-state index is 0.0246. The summed E-state index contributed by atoms with van der Waals surface area (Å²) < 4.78 is 5.36.